The highest BCUT2D eigenvalue weighted by Gasteiger charge is 2.03. The number of nitrogens with one attached hydrogen (secondary N) is 3. The van der Waals surface area contributed by atoms with Gasteiger partial charge in [0.1, 0.15) is 0 Å². The van der Waals surface area contributed by atoms with E-state index in [0.29, 0.717) is 11.5 Å². The number of H-pyrrole nitrogens is 2. The molecule has 1 aromatic carbocycles. The van der Waals surface area contributed by atoms with Gasteiger partial charge in [-0.1, -0.05) is 18.2 Å². The zero-order valence-corrected chi connectivity index (χ0v) is 10.4. The average Bonchev–Trinajstić information content (AvgIpc) is 2.76. The van der Waals surface area contributed by atoms with Crippen molar-refractivity contribution in [2.45, 2.75) is 5.75 Å². The molecule has 2 aromatic rings. The molecule has 3 N–H and O–H groups in total. The van der Waals surface area contributed by atoms with Crippen LogP contribution in [0.15, 0.2) is 41.2 Å². The lowest BCUT2D eigenvalue weighted by Gasteiger charge is -2.04. The van der Waals surface area contributed by atoms with Gasteiger partial charge >= 0.3 is 0 Å². The van der Waals surface area contributed by atoms with Crippen molar-refractivity contribution in [2.24, 2.45) is 0 Å². The maximum Gasteiger partial charge on any atom is 0.264 e. The van der Waals surface area contributed by atoms with Crippen LogP contribution in [0.3, 0.4) is 0 Å². The van der Waals surface area contributed by atoms with Gasteiger partial charge in [0, 0.05) is 23.2 Å². The molecule has 0 radical (unpaired) electrons. The molecule has 6 heteroatoms. The van der Waals surface area contributed by atoms with Crippen molar-refractivity contribution in [2.75, 3.05) is 11.1 Å². The van der Waals surface area contributed by atoms with Crippen LogP contribution >= 0.6 is 11.8 Å². The Morgan fingerprint density at radius 3 is 2.67 bits per heavy atom. The summed E-state index contributed by atoms with van der Waals surface area (Å²) >= 11 is 1.44. The second-order valence-electron chi connectivity index (χ2n) is 3.69. The van der Waals surface area contributed by atoms with E-state index in [0.717, 1.165) is 11.4 Å². The molecule has 0 aliphatic rings. The van der Waals surface area contributed by atoms with Crippen molar-refractivity contribution in [3.8, 4) is 0 Å². The lowest BCUT2D eigenvalue weighted by atomic mass is 10.3. The number of amides is 1. The van der Waals surface area contributed by atoms with Crippen molar-refractivity contribution in [3.05, 3.63) is 52.4 Å². The zero-order chi connectivity index (χ0) is 12.8. The van der Waals surface area contributed by atoms with E-state index in [1.165, 1.54) is 17.8 Å². The molecule has 0 saturated heterocycles. The molecule has 0 atom stereocenters. The highest BCUT2D eigenvalue weighted by Crippen LogP contribution is 2.10. The summed E-state index contributed by atoms with van der Waals surface area (Å²) < 4.78 is 0. The van der Waals surface area contributed by atoms with Gasteiger partial charge in [-0.05, 0) is 12.1 Å². The molecule has 0 aliphatic heterocycles. The number of carbonyl (C=O) groups is 1. The van der Waals surface area contributed by atoms with Crippen molar-refractivity contribution < 1.29 is 4.79 Å². The minimum absolute atomic E-state index is 0.0518. The normalized spacial score (nSPS) is 10.2. The Labute approximate surface area is 108 Å². The SMILES string of the molecule is O=C(CSCc1cc(=O)[nH][nH]1)Nc1ccccc1. The fraction of sp³-hybridized carbons (Fsp3) is 0.167. The summed E-state index contributed by atoms with van der Waals surface area (Å²) in [5, 5.41) is 7.98. The Hall–Kier alpha value is -1.95. The lowest BCUT2D eigenvalue weighted by molar-refractivity contribution is -0.113. The topological polar surface area (TPSA) is 77.8 Å². The first-order chi connectivity index (χ1) is 8.74. The number of anilines is 1. The Balaban J connectivity index is 1.74. The molecule has 0 spiro atoms. The van der Waals surface area contributed by atoms with E-state index in [9.17, 15) is 9.59 Å². The van der Waals surface area contributed by atoms with Crippen molar-refractivity contribution in [1.82, 2.24) is 10.2 Å². The smallest absolute Gasteiger partial charge is 0.264 e. The van der Waals surface area contributed by atoms with E-state index in [1.54, 1.807) is 0 Å². The third-order valence-electron chi connectivity index (χ3n) is 2.20. The summed E-state index contributed by atoms with van der Waals surface area (Å²) in [6, 6.07) is 10.8. The van der Waals surface area contributed by atoms with E-state index in [4.69, 9.17) is 0 Å². The van der Waals surface area contributed by atoms with E-state index < -0.39 is 0 Å². The largest absolute Gasteiger partial charge is 0.325 e. The summed E-state index contributed by atoms with van der Waals surface area (Å²) in [6.45, 7) is 0. The molecule has 5 nitrogen and oxygen atoms in total. The van der Waals surface area contributed by atoms with E-state index in [1.807, 2.05) is 30.3 Å². The van der Waals surface area contributed by atoms with Crippen LogP contribution in [0, 0.1) is 0 Å². The average molecular weight is 263 g/mol. The lowest BCUT2D eigenvalue weighted by Crippen LogP contribution is -2.14. The number of hydrogen-bond acceptors (Lipinski definition) is 3. The predicted molar refractivity (Wildman–Crippen MR) is 72.6 cm³/mol. The molecule has 0 aliphatic carbocycles. The summed E-state index contributed by atoms with van der Waals surface area (Å²) in [5.41, 5.74) is 1.43. The van der Waals surface area contributed by atoms with Gasteiger partial charge in [-0.2, -0.15) is 0 Å². The number of aromatic nitrogens is 2. The molecule has 1 heterocycles. The first-order valence-corrected chi connectivity index (χ1v) is 6.59. The fourth-order valence-electron chi connectivity index (χ4n) is 1.42. The monoisotopic (exact) mass is 263 g/mol. The molecular formula is C12H13N3O2S. The standard InChI is InChI=1S/C12H13N3O2S/c16-11-6-10(14-15-11)7-18-8-12(17)13-9-4-2-1-3-5-9/h1-6H,7-8H2,(H,13,17)(H2,14,15,16). The minimum Gasteiger partial charge on any atom is -0.325 e. The highest BCUT2D eigenvalue weighted by atomic mass is 32.2. The van der Waals surface area contributed by atoms with Gasteiger partial charge in [-0.3, -0.25) is 14.7 Å². The highest BCUT2D eigenvalue weighted by molar-refractivity contribution is 7.99. The van der Waals surface area contributed by atoms with Crippen LogP contribution in [-0.4, -0.2) is 21.9 Å². The van der Waals surface area contributed by atoms with Crippen LogP contribution in [-0.2, 0) is 10.5 Å². The molecule has 0 fully saturated rings. The van der Waals surface area contributed by atoms with E-state index >= 15 is 0 Å². The van der Waals surface area contributed by atoms with Gasteiger partial charge in [0.15, 0.2) is 0 Å². The van der Waals surface area contributed by atoms with E-state index in [-0.39, 0.29) is 11.5 Å². The van der Waals surface area contributed by atoms with Gasteiger partial charge in [-0.25, -0.2) is 0 Å². The molecule has 2 rings (SSSR count). The molecular weight excluding hydrogens is 250 g/mol. The van der Waals surface area contributed by atoms with Gasteiger partial charge in [-0.15, -0.1) is 11.8 Å². The maximum absolute atomic E-state index is 11.6. The first kappa shape index (κ1) is 12.5. The quantitative estimate of drug-likeness (QED) is 0.766. The van der Waals surface area contributed by atoms with Gasteiger partial charge < -0.3 is 10.4 Å². The number of para-hydroxylation sites is 1. The van der Waals surface area contributed by atoms with E-state index in [2.05, 4.69) is 15.5 Å². The number of thioether (sulfide) groups is 1. The second kappa shape index (κ2) is 6.11. The Morgan fingerprint density at radius 1 is 1.22 bits per heavy atom. The molecule has 1 aromatic heterocycles. The summed E-state index contributed by atoms with van der Waals surface area (Å²) in [5.74, 6) is 0.896. The predicted octanol–water partition coefficient (Wildman–Crippen LogP) is 1.57. The third kappa shape index (κ3) is 3.81. The summed E-state index contributed by atoms with van der Waals surface area (Å²) in [6.07, 6.45) is 0. The fourth-order valence-corrected chi connectivity index (χ4v) is 2.16. The summed E-state index contributed by atoms with van der Waals surface area (Å²) in [4.78, 5) is 22.4. The number of hydrogen-bond donors (Lipinski definition) is 3. The molecule has 0 saturated carbocycles. The number of aromatic amines is 2. The van der Waals surface area contributed by atoms with Gasteiger partial charge in [0.2, 0.25) is 5.91 Å². The Morgan fingerprint density at radius 2 is 2.00 bits per heavy atom. The van der Waals surface area contributed by atoms with Crippen molar-refractivity contribution in [1.29, 1.82) is 0 Å². The maximum atomic E-state index is 11.6. The number of benzene rings is 1. The van der Waals surface area contributed by atoms with Crippen LogP contribution in [0.2, 0.25) is 0 Å². The van der Waals surface area contributed by atoms with Crippen molar-refractivity contribution in [3.63, 3.8) is 0 Å². The second-order valence-corrected chi connectivity index (χ2v) is 4.68. The molecule has 94 valence electrons. The van der Waals surface area contributed by atoms with Gasteiger partial charge in [0.25, 0.3) is 5.56 Å². The van der Waals surface area contributed by atoms with Crippen molar-refractivity contribution >= 4 is 23.4 Å². The first-order valence-electron chi connectivity index (χ1n) is 5.43. The van der Waals surface area contributed by atoms with Crippen LogP contribution in [0.25, 0.3) is 0 Å². The molecule has 0 unspecified atom stereocenters. The van der Waals surface area contributed by atoms with Crippen LogP contribution in [0.5, 0.6) is 0 Å². The zero-order valence-electron chi connectivity index (χ0n) is 9.60. The summed E-state index contributed by atoms with van der Waals surface area (Å²) in [7, 11) is 0. The number of rotatable bonds is 5. The van der Waals surface area contributed by atoms with Crippen LogP contribution in [0.1, 0.15) is 5.69 Å². The third-order valence-corrected chi connectivity index (χ3v) is 3.18. The molecule has 18 heavy (non-hydrogen) atoms. The number of carbonyl (C=O) groups excluding carboxylic acids is 1. The Kier molecular flexibility index (Phi) is 4.25. The Bertz CT molecular complexity index is 562. The van der Waals surface area contributed by atoms with Crippen LogP contribution < -0.4 is 10.9 Å². The molecule has 1 amide bonds. The van der Waals surface area contributed by atoms with Gasteiger partial charge in [0.05, 0.1) is 5.75 Å². The molecule has 0 bridgehead atoms. The minimum atomic E-state index is -0.153. The van der Waals surface area contributed by atoms with Crippen LogP contribution in [0.4, 0.5) is 5.69 Å².